The predicted octanol–water partition coefficient (Wildman–Crippen LogP) is 6.89. The molecule has 7 nitrogen and oxygen atoms in total. The van der Waals surface area contributed by atoms with Crippen LogP contribution >= 0.6 is 0 Å². The Morgan fingerprint density at radius 3 is 2.54 bits per heavy atom. The van der Waals surface area contributed by atoms with Crippen molar-refractivity contribution < 1.29 is 18.7 Å². The summed E-state index contributed by atoms with van der Waals surface area (Å²) in [4.78, 5) is 20.7. The first kappa shape index (κ1) is 23.8. The second-order valence-electron chi connectivity index (χ2n) is 8.14. The third kappa shape index (κ3) is 5.21. The Hall–Kier alpha value is -4.91. The molecule has 0 saturated carbocycles. The smallest absolute Gasteiger partial charge is 0.330 e. The molecule has 0 fully saturated rings. The number of furan rings is 1. The number of carbonyl (C=O) groups is 1. The van der Waals surface area contributed by atoms with Crippen molar-refractivity contribution >= 4 is 34.7 Å². The molecule has 0 amide bonds. The highest BCUT2D eigenvalue weighted by atomic mass is 16.5. The molecule has 0 bridgehead atoms. The average molecular weight is 492 g/mol. The summed E-state index contributed by atoms with van der Waals surface area (Å²) in [6.45, 7) is 2.11. The minimum absolute atomic E-state index is 0.334. The van der Waals surface area contributed by atoms with Crippen LogP contribution in [0.2, 0.25) is 0 Å². The number of aromatic nitrogens is 2. The van der Waals surface area contributed by atoms with E-state index in [-0.39, 0.29) is 5.97 Å². The zero-order valence-corrected chi connectivity index (χ0v) is 20.5. The maximum atomic E-state index is 11.7. The Kier molecular flexibility index (Phi) is 6.94. The maximum Gasteiger partial charge on any atom is 0.330 e. The number of fused-ring (bicyclic) bond motifs is 1. The Balaban J connectivity index is 1.60. The van der Waals surface area contributed by atoms with Crippen molar-refractivity contribution in [2.45, 2.75) is 6.92 Å². The van der Waals surface area contributed by atoms with Crippen LogP contribution in [0.4, 0.5) is 11.5 Å². The molecule has 0 unspecified atom stereocenters. The van der Waals surface area contributed by atoms with Gasteiger partial charge in [-0.3, -0.25) is 0 Å². The Labute approximate surface area is 214 Å². The minimum atomic E-state index is -0.380. The number of rotatable bonds is 8. The zero-order chi connectivity index (χ0) is 25.6. The van der Waals surface area contributed by atoms with Gasteiger partial charge in [-0.05, 0) is 48.4 Å². The molecule has 7 heteroatoms. The third-order valence-electron chi connectivity index (χ3n) is 5.75. The molecule has 1 N–H and O–H groups in total. The number of nitrogens with zero attached hydrogens (tertiary/aromatic N) is 2. The van der Waals surface area contributed by atoms with Crippen molar-refractivity contribution in [3.05, 3.63) is 96.8 Å². The molecule has 0 aliphatic heterocycles. The fourth-order valence-corrected chi connectivity index (χ4v) is 4.07. The Morgan fingerprint density at radius 1 is 0.973 bits per heavy atom. The lowest BCUT2D eigenvalue weighted by Crippen LogP contribution is -1.98. The first-order valence-corrected chi connectivity index (χ1v) is 11.9. The molecule has 0 atom stereocenters. The van der Waals surface area contributed by atoms with Gasteiger partial charge in [0.25, 0.3) is 0 Å². The number of benzene rings is 3. The Bertz CT molecular complexity index is 1560. The van der Waals surface area contributed by atoms with Crippen LogP contribution in [0.3, 0.4) is 0 Å². The van der Waals surface area contributed by atoms with Crippen LogP contribution in [-0.4, -0.2) is 29.7 Å². The second kappa shape index (κ2) is 10.8. The number of hydrogen-bond donors (Lipinski definition) is 1. The van der Waals surface area contributed by atoms with Gasteiger partial charge < -0.3 is 19.2 Å². The van der Waals surface area contributed by atoms with Crippen LogP contribution in [0.15, 0.2) is 95.7 Å². The summed E-state index contributed by atoms with van der Waals surface area (Å²) in [7, 11) is 1.64. The summed E-state index contributed by atoms with van der Waals surface area (Å²) < 4.78 is 16.6. The lowest BCUT2D eigenvalue weighted by Gasteiger charge is -2.10. The van der Waals surface area contributed by atoms with E-state index < -0.39 is 0 Å². The molecule has 0 spiro atoms. The van der Waals surface area contributed by atoms with Crippen LogP contribution in [0.1, 0.15) is 12.5 Å². The maximum absolute atomic E-state index is 11.7. The largest absolute Gasteiger partial charge is 0.497 e. The highest BCUT2D eigenvalue weighted by Crippen LogP contribution is 2.43. The van der Waals surface area contributed by atoms with Crippen LogP contribution in [0.5, 0.6) is 5.75 Å². The van der Waals surface area contributed by atoms with Crippen LogP contribution in [0, 0.1) is 0 Å². The lowest BCUT2D eigenvalue weighted by atomic mass is 9.99. The van der Waals surface area contributed by atoms with Gasteiger partial charge in [-0.15, -0.1) is 0 Å². The summed E-state index contributed by atoms with van der Waals surface area (Å²) in [5.74, 6) is 1.69. The van der Waals surface area contributed by atoms with Gasteiger partial charge in [-0.2, -0.15) is 0 Å². The van der Waals surface area contributed by atoms with Gasteiger partial charge >= 0.3 is 5.97 Å². The van der Waals surface area contributed by atoms with Gasteiger partial charge in [-0.1, -0.05) is 54.6 Å². The van der Waals surface area contributed by atoms with Gasteiger partial charge in [0.2, 0.25) is 5.71 Å². The molecule has 0 aliphatic rings. The number of anilines is 2. The molecule has 0 radical (unpaired) electrons. The molecule has 0 saturated heterocycles. The van der Waals surface area contributed by atoms with E-state index in [1.54, 1.807) is 20.1 Å². The quantitative estimate of drug-likeness (QED) is 0.187. The van der Waals surface area contributed by atoms with E-state index in [4.69, 9.17) is 13.9 Å². The van der Waals surface area contributed by atoms with Crippen molar-refractivity contribution in [3.63, 3.8) is 0 Å². The number of carbonyl (C=O) groups excluding carboxylic acids is 1. The van der Waals surface area contributed by atoms with Gasteiger partial charge in [0.05, 0.1) is 19.1 Å². The molecule has 2 aromatic heterocycles. The van der Waals surface area contributed by atoms with E-state index in [1.807, 2.05) is 78.9 Å². The van der Waals surface area contributed by atoms with Gasteiger partial charge in [0, 0.05) is 22.9 Å². The number of esters is 1. The van der Waals surface area contributed by atoms with Gasteiger partial charge in [-0.25, -0.2) is 14.8 Å². The Morgan fingerprint density at radius 2 is 1.78 bits per heavy atom. The topological polar surface area (TPSA) is 86.5 Å². The van der Waals surface area contributed by atoms with Crippen molar-refractivity contribution in [1.29, 1.82) is 0 Å². The highest BCUT2D eigenvalue weighted by molar-refractivity contribution is 6.06. The molecule has 2 heterocycles. The molecular formula is C30H25N3O4. The lowest BCUT2D eigenvalue weighted by molar-refractivity contribution is -0.137. The van der Waals surface area contributed by atoms with E-state index in [2.05, 4.69) is 15.3 Å². The van der Waals surface area contributed by atoms with Crippen molar-refractivity contribution in [3.8, 4) is 28.2 Å². The summed E-state index contributed by atoms with van der Waals surface area (Å²) >= 11 is 0. The van der Waals surface area contributed by atoms with Crippen molar-refractivity contribution in [1.82, 2.24) is 9.97 Å². The van der Waals surface area contributed by atoms with Gasteiger partial charge in [0.15, 0.2) is 0 Å². The van der Waals surface area contributed by atoms with Gasteiger partial charge in [0.1, 0.15) is 23.7 Å². The predicted molar refractivity (Wildman–Crippen MR) is 145 cm³/mol. The van der Waals surface area contributed by atoms with E-state index >= 15 is 0 Å². The zero-order valence-electron chi connectivity index (χ0n) is 20.5. The van der Waals surface area contributed by atoms with Crippen LogP contribution in [0.25, 0.3) is 39.6 Å². The van der Waals surface area contributed by atoms with Crippen molar-refractivity contribution in [2.75, 3.05) is 19.0 Å². The second-order valence-corrected chi connectivity index (χ2v) is 8.14. The van der Waals surface area contributed by atoms with E-state index in [9.17, 15) is 4.79 Å². The first-order valence-electron chi connectivity index (χ1n) is 11.9. The summed E-state index contributed by atoms with van der Waals surface area (Å²) in [5.41, 5.74) is 4.88. The number of nitrogens with one attached hydrogen (secondary N) is 1. The van der Waals surface area contributed by atoms with Crippen LogP contribution < -0.4 is 10.1 Å². The summed E-state index contributed by atoms with van der Waals surface area (Å²) in [6, 6.07) is 25.4. The standard InChI is InChI=1S/C30H25N3O4/c1-3-36-25(34)17-12-20-8-7-11-23(18-20)33-29-27-26(21-13-15-24(35-2)16-14-21)28(22-9-5-4-6-10-22)37-30(27)32-19-31-29/h4-19H,3H2,1-2H3,(H,31,32,33). The van der Waals surface area contributed by atoms with E-state index in [0.717, 1.165) is 39.1 Å². The number of methoxy groups -OCH3 is 1. The number of ether oxygens (including phenoxy) is 2. The molecule has 37 heavy (non-hydrogen) atoms. The summed E-state index contributed by atoms with van der Waals surface area (Å²) in [5, 5.41) is 4.17. The average Bonchev–Trinajstić information content (AvgIpc) is 3.34. The van der Waals surface area contributed by atoms with E-state index in [1.165, 1.54) is 12.4 Å². The highest BCUT2D eigenvalue weighted by Gasteiger charge is 2.22. The molecular weight excluding hydrogens is 466 g/mol. The monoisotopic (exact) mass is 491 g/mol. The molecule has 184 valence electrons. The fraction of sp³-hybridized carbons (Fsp3) is 0.100. The summed E-state index contributed by atoms with van der Waals surface area (Å²) in [6.07, 6.45) is 4.60. The van der Waals surface area contributed by atoms with E-state index in [0.29, 0.717) is 23.9 Å². The van der Waals surface area contributed by atoms with Crippen molar-refractivity contribution in [2.24, 2.45) is 0 Å². The van der Waals surface area contributed by atoms with Crippen LogP contribution in [-0.2, 0) is 9.53 Å². The minimum Gasteiger partial charge on any atom is -0.497 e. The SMILES string of the molecule is CCOC(=O)C=Cc1cccc(Nc2ncnc3oc(-c4ccccc4)c(-c4ccc(OC)cc4)c23)c1. The number of hydrogen-bond acceptors (Lipinski definition) is 7. The molecule has 3 aromatic carbocycles. The molecule has 0 aliphatic carbocycles. The normalized spacial score (nSPS) is 11.1. The molecule has 5 rings (SSSR count). The first-order chi connectivity index (χ1) is 18.2. The third-order valence-corrected chi connectivity index (χ3v) is 5.75. The molecule has 5 aromatic rings. The fourth-order valence-electron chi connectivity index (χ4n) is 4.07.